The van der Waals surface area contributed by atoms with Crippen LogP contribution in [0, 0.1) is 0 Å². The van der Waals surface area contributed by atoms with Crippen molar-refractivity contribution in [2.24, 2.45) is 0 Å². The molecule has 17 heavy (non-hydrogen) atoms. The minimum atomic E-state index is -1.34. The van der Waals surface area contributed by atoms with E-state index in [0.29, 0.717) is 0 Å². The molecule has 3 heteroatoms. The van der Waals surface area contributed by atoms with Gasteiger partial charge in [0.15, 0.2) is 8.32 Å². The molecule has 1 aliphatic rings. The Morgan fingerprint density at radius 2 is 1.76 bits per heavy atom. The van der Waals surface area contributed by atoms with E-state index in [0.717, 1.165) is 6.04 Å². The van der Waals surface area contributed by atoms with Crippen LogP contribution in [-0.4, -0.2) is 28.0 Å². The summed E-state index contributed by atoms with van der Waals surface area (Å²) in [6, 6.07) is 4.67. The molecule has 1 saturated carbocycles. The summed E-state index contributed by atoms with van der Waals surface area (Å²) >= 11 is 0. The quantitative estimate of drug-likeness (QED) is 0.525. The SMILES string of the molecule is CC[Si](CC)(CCCNC1CCCCC1)OC. The lowest BCUT2D eigenvalue weighted by Crippen LogP contribution is -2.37. The Hall–Kier alpha value is 0.137. The molecule has 0 unspecified atom stereocenters. The molecule has 102 valence electrons. The van der Waals surface area contributed by atoms with E-state index in [1.54, 1.807) is 0 Å². The smallest absolute Gasteiger partial charge is 0.191 e. The standard InChI is InChI=1S/C14H31NOSi/c1-4-17(5-2,16-3)13-9-12-15-14-10-7-6-8-11-14/h14-15H,4-13H2,1-3H3. The van der Waals surface area contributed by atoms with Gasteiger partial charge in [-0.25, -0.2) is 0 Å². The van der Waals surface area contributed by atoms with Gasteiger partial charge < -0.3 is 9.74 Å². The molecule has 0 aliphatic heterocycles. The highest BCUT2D eigenvalue weighted by atomic mass is 28.4. The predicted octanol–water partition coefficient (Wildman–Crippen LogP) is 3.93. The van der Waals surface area contributed by atoms with Gasteiger partial charge in [0, 0.05) is 13.2 Å². The average molecular weight is 257 g/mol. The summed E-state index contributed by atoms with van der Waals surface area (Å²) in [6.45, 7) is 5.80. The zero-order valence-corrected chi connectivity index (χ0v) is 13.1. The Kier molecular flexibility index (Phi) is 7.40. The molecule has 0 atom stereocenters. The number of hydrogen-bond acceptors (Lipinski definition) is 2. The highest BCUT2D eigenvalue weighted by Crippen LogP contribution is 2.23. The van der Waals surface area contributed by atoms with E-state index < -0.39 is 8.32 Å². The van der Waals surface area contributed by atoms with Gasteiger partial charge in [-0.2, -0.15) is 0 Å². The van der Waals surface area contributed by atoms with Crippen LogP contribution < -0.4 is 5.32 Å². The third kappa shape index (κ3) is 5.10. The van der Waals surface area contributed by atoms with Crippen LogP contribution >= 0.6 is 0 Å². The minimum Gasteiger partial charge on any atom is -0.420 e. The van der Waals surface area contributed by atoms with E-state index in [2.05, 4.69) is 19.2 Å². The number of nitrogens with one attached hydrogen (secondary N) is 1. The Morgan fingerprint density at radius 3 is 2.29 bits per heavy atom. The predicted molar refractivity (Wildman–Crippen MR) is 78.0 cm³/mol. The van der Waals surface area contributed by atoms with Gasteiger partial charge in [0.1, 0.15) is 0 Å². The molecule has 0 amide bonds. The van der Waals surface area contributed by atoms with Gasteiger partial charge in [-0.15, -0.1) is 0 Å². The highest BCUT2D eigenvalue weighted by Gasteiger charge is 2.28. The van der Waals surface area contributed by atoms with Crippen LogP contribution in [0.2, 0.25) is 18.1 Å². The van der Waals surface area contributed by atoms with Crippen LogP contribution in [0.1, 0.15) is 52.4 Å². The van der Waals surface area contributed by atoms with Crippen LogP contribution in [0.3, 0.4) is 0 Å². The molecule has 0 bridgehead atoms. The van der Waals surface area contributed by atoms with Crippen molar-refractivity contribution in [3.05, 3.63) is 0 Å². The maximum atomic E-state index is 5.84. The van der Waals surface area contributed by atoms with E-state index in [4.69, 9.17) is 4.43 Å². The van der Waals surface area contributed by atoms with Crippen molar-refractivity contribution in [2.45, 2.75) is 76.5 Å². The van der Waals surface area contributed by atoms with Crippen molar-refractivity contribution >= 4 is 8.32 Å². The van der Waals surface area contributed by atoms with Crippen molar-refractivity contribution in [2.75, 3.05) is 13.7 Å². The Balaban J connectivity index is 2.13. The zero-order chi connectivity index (χ0) is 12.6. The molecule has 1 fully saturated rings. The lowest BCUT2D eigenvalue weighted by Gasteiger charge is -2.28. The summed E-state index contributed by atoms with van der Waals surface area (Å²) in [4.78, 5) is 0. The van der Waals surface area contributed by atoms with Crippen molar-refractivity contribution in [1.82, 2.24) is 5.32 Å². The van der Waals surface area contributed by atoms with Gasteiger partial charge in [0.05, 0.1) is 0 Å². The molecule has 1 N–H and O–H groups in total. The fourth-order valence-electron chi connectivity index (χ4n) is 3.02. The van der Waals surface area contributed by atoms with E-state index in [1.807, 2.05) is 7.11 Å². The molecular formula is C14H31NOSi. The lowest BCUT2D eigenvalue weighted by atomic mass is 9.95. The van der Waals surface area contributed by atoms with Crippen LogP contribution in [0.5, 0.6) is 0 Å². The molecule has 0 spiro atoms. The summed E-state index contributed by atoms with van der Waals surface area (Å²) in [7, 11) is 0.580. The first-order chi connectivity index (χ1) is 8.26. The third-order valence-corrected chi connectivity index (χ3v) is 9.28. The van der Waals surface area contributed by atoms with Crippen LogP contribution in [0.25, 0.3) is 0 Å². The summed E-state index contributed by atoms with van der Waals surface area (Å²) in [5, 5.41) is 3.73. The molecule has 1 rings (SSSR count). The molecule has 0 aromatic heterocycles. The zero-order valence-electron chi connectivity index (χ0n) is 12.1. The van der Waals surface area contributed by atoms with Crippen molar-refractivity contribution in [3.8, 4) is 0 Å². The largest absolute Gasteiger partial charge is 0.420 e. The second-order valence-electron chi connectivity index (χ2n) is 5.49. The number of rotatable bonds is 8. The Labute approximate surface area is 109 Å². The third-order valence-electron chi connectivity index (χ3n) is 4.57. The Bertz CT molecular complexity index is 180. The Morgan fingerprint density at radius 1 is 1.12 bits per heavy atom. The van der Waals surface area contributed by atoms with Gasteiger partial charge in [0.2, 0.25) is 0 Å². The molecular weight excluding hydrogens is 226 g/mol. The normalized spacial score (nSPS) is 18.5. The molecule has 1 aliphatic carbocycles. The second kappa shape index (κ2) is 8.28. The summed E-state index contributed by atoms with van der Waals surface area (Å²) in [6.07, 6.45) is 8.40. The molecule has 0 aromatic carbocycles. The molecule has 0 heterocycles. The monoisotopic (exact) mass is 257 g/mol. The number of hydrogen-bond donors (Lipinski definition) is 1. The van der Waals surface area contributed by atoms with Gasteiger partial charge in [-0.3, -0.25) is 0 Å². The van der Waals surface area contributed by atoms with Crippen LogP contribution in [-0.2, 0) is 4.43 Å². The minimum absolute atomic E-state index is 0.811. The second-order valence-corrected chi connectivity index (χ2v) is 10.2. The van der Waals surface area contributed by atoms with E-state index in [1.165, 1.54) is 63.2 Å². The first-order valence-electron chi connectivity index (χ1n) is 7.55. The maximum Gasteiger partial charge on any atom is 0.191 e. The molecule has 2 nitrogen and oxygen atoms in total. The van der Waals surface area contributed by atoms with E-state index >= 15 is 0 Å². The van der Waals surface area contributed by atoms with Gasteiger partial charge in [0.25, 0.3) is 0 Å². The first kappa shape index (κ1) is 15.2. The average Bonchev–Trinajstić information content (AvgIpc) is 2.41. The maximum absolute atomic E-state index is 5.84. The van der Waals surface area contributed by atoms with Gasteiger partial charge >= 0.3 is 0 Å². The lowest BCUT2D eigenvalue weighted by molar-refractivity contribution is 0.367. The van der Waals surface area contributed by atoms with Crippen molar-refractivity contribution < 1.29 is 4.43 Å². The summed E-state index contributed by atoms with van der Waals surface area (Å²) in [5.74, 6) is 0. The van der Waals surface area contributed by atoms with Crippen molar-refractivity contribution in [3.63, 3.8) is 0 Å². The molecule has 0 radical (unpaired) electrons. The first-order valence-corrected chi connectivity index (χ1v) is 10.1. The summed E-state index contributed by atoms with van der Waals surface area (Å²) < 4.78 is 5.84. The fourth-order valence-corrected chi connectivity index (χ4v) is 5.83. The molecule has 0 saturated heterocycles. The van der Waals surface area contributed by atoms with Crippen LogP contribution in [0.4, 0.5) is 0 Å². The van der Waals surface area contributed by atoms with Crippen LogP contribution in [0.15, 0.2) is 0 Å². The topological polar surface area (TPSA) is 21.3 Å². The van der Waals surface area contributed by atoms with Gasteiger partial charge in [-0.1, -0.05) is 33.1 Å². The fraction of sp³-hybridized carbons (Fsp3) is 1.00. The van der Waals surface area contributed by atoms with E-state index in [9.17, 15) is 0 Å². The molecule has 0 aromatic rings. The van der Waals surface area contributed by atoms with Gasteiger partial charge in [-0.05, 0) is 43.9 Å². The highest BCUT2D eigenvalue weighted by molar-refractivity contribution is 6.73. The van der Waals surface area contributed by atoms with E-state index in [-0.39, 0.29) is 0 Å². The van der Waals surface area contributed by atoms with Crippen molar-refractivity contribution in [1.29, 1.82) is 0 Å². The summed E-state index contributed by atoms with van der Waals surface area (Å²) in [5.41, 5.74) is 0.